The van der Waals surface area contributed by atoms with Crippen molar-refractivity contribution in [2.75, 3.05) is 26.3 Å². The molecule has 1 aromatic carbocycles. The van der Waals surface area contributed by atoms with E-state index in [4.69, 9.17) is 10.5 Å². The molecule has 23 heavy (non-hydrogen) atoms. The third-order valence-electron chi connectivity index (χ3n) is 2.99. The molecule has 0 unspecified atom stereocenters. The fourth-order valence-corrected chi connectivity index (χ4v) is 1.86. The highest BCUT2D eigenvalue weighted by molar-refractivity contribution is 5.78. The average molecular weight is 316 g/mol. The molecule has 1 amide bonds. The molecule has 1 aromatic heterocycles. The van der Waals surface area contributed by atoms with Gasteiger partial charge in [-0.15, -0.1) is 20.4 Å². The first kappa shape index (κ1) is 16.9. The molecule has 0 radical (unpaired) electrons. The van der Waals surface area contributed by atoms with Gasteiger partial charge in [0.15, 0.2) is 5.82 Å². The maximum atomic E-state index is 11.8. The lowest BCUT2D eigenvalue weighted by atomic mass is 10.1. The molecule has 2 aromatic rings. The summed E-state index contributed by atoms with van der Waals surface area (Å²) in [5.41, 5.74) is 7.02. The van der Waals surface area contributed by atoms with Crippen LogP contribution in [-0.2, 0) is 16.0 Å². The van der Waals surface area contributed by atoms with Crippen LogP contribution >= 0.6 is 0 Å². The number of rotatable bonds is 8. The summed E-state index contributed by atoms with van der Waals surface area (Å²) in [6.45, 7) is 3.66. The van der Waals surface area contributed by atoms with E-state index >= 15 is 0 Å². The van der Waals surface area contributed by atoms with Gasteiger partial charge in [0.25, 0.3) is 0 Å². The first-order valence-corrected chi connectivity index (χ1v) is 7.37. The SMILES string of the molecule is Cc1nnc(-c2ccc(CC(=O)NCCOCCN)cc2)nn1. The molecule has 2 rings (SSSR count). The Bertz CT molecular complexity index is 615. The Hall–Kier alpha value is -2.45. The first-order valence-electron chi connectivity index (χ1n) is 7.37. The summed E-state index contributed by atoms with van der Waals surface area (Å²) in [6.07, 6.45) is 0.308. The van der Waals surface area contributed by atoms with Crippen LogP contribution in [0.3, 0.4) is 0 Å². The van der Waals surface area contributed by atoms with Crippen LogP contribution in [0.25, 0.3) is 11.4 Å². The van der Waals surface area contributed by atoms with E-state index in [1.807, 2.05) is 24.3 Å². The fourth-order valence-electron chi connectivity index (χ4n) is 1.86. The minimum atomic E-state index is -0.0518. The first-order chi connectivity index (χ1) is 11.2. The van der Waals surface area contributed by atoms with Crippen LogP contribution in [0, 0.1) is 6.92 Å². The molecule has 0 atom stereocenters. The smallest absolute Gasteiger partial charge is 0.224 e. The van der Waals surface area contributed by atoms with Crippen molar-refractivity contribution in [3.8, 4) is 11.4 Å². The summed E-state index contributed by atoms with van der Waals surface area (Å²) >= 11 is 0. The molecule has 0 fully saturated rings. The van der Waals surface area contributed by atoms with Crippen molar-refractivity contribution in [3.05, 3.63) is 35.7 Å². The van der Waals surface area contributed by atoms with Crippen molar-refractivity contribution < 1.29 is 9.53 Å². The van der Waals surface area contributed by atoms with Crippen molar-refractivity contribution in [2.45, 2.75) is 13.3 Å². The lowest BCUT2D eigenvalue weighted by Gasteiger charge is -2.06. The van der Waals surface area contributed by atoms with Crippen molar-refractivity contribution >= 4 is 5.91 Å². The molecule has 8 nitrogen and oxygen atoms in total. The molecule has 0 aliphatic heterocycles. The van der Waals surface area contributed by atoms with Crippen molar-refractivity contribution in [2.24, 2.45) is 5.73 Å². The average Bonchev–Trinajstić information content (AvgIpc) is 2.56. The van der Waals surface area contributed by atoms with E-state index in [0.29, 0.717) is 44.4 Å². The molecule has 0 saturated heterocycles. The maximum Gasteiger partial charge on any atom is 0.224 e. The number of benzene rings is 1. The number of carbonyl (C=O) groups excluding carboxylic acids is 1. The summed E-state index contributed by atoms with van der Waals surface area (Å²) in [4.78, 5) is 11.8. The van der Waals surface area contributed by atoms with E-state index in [9.17, 15) is 4.79 Å². The topological polar surface area (TPSA) is 116 Å². The number of hydrogen-bond donors (Lipinski definition) is 2. The summed E-state index contributed by atoms with van der Waals surface area (Å²) in [6, 6.07) is 7.42. The van der Waals surface area contributed by atoms with E-state index < -0.39 is 0 Å². The number of aryl methyl sites for hydroxylation is 1. The number of aromatic nitrogens is 4. The van der Waals surface area contributed by atoms with Gasteiger partial charge in [0.2, 0.25) is 11.7 Å². The molecule has 122 valence electrons. The highest BCUT2D eigenvalue weighted by atomic mass is 16.5. The van der Waals surface area contributed by atoms with Gasteiger partial charge < -0.3 is 15.8 Å². The number of hydrogen-bond acceptors (Lipinski definition) is 7. The summed E-state index contributed by atoms with van der Waals surface area (Å²) in [7, 11) is 0. The van der Waals surface area contributed by atoms with E-state index in [1.54, 1.807) is 6.92 Å². The van der Waals surface area contributed by atoms with Crippen molar-refractivity contribution in [1.29, 1.82) is 0 Å². The van der Waals surface area contributed by atoms with Gasteiger partial charge in [-0.05, 0) is 12.5 Å². The second-order valence-electron chi connectivity index (χ2n) is 4.90. The van der Waals surface area contributed by atoms with Crippen LogP contribution in [0.2, 0.25) is 0 Å². The normalized spacial score (nSPS) is 10.5. The highest BCUT2D eigenvalue weighted by Gasteiger charge is 2.06. The third-order valence-corrected chi connectivity index (χ3v) is 2.99. The van der Waals surface area contributed by atoms with Gasteiger partial charge in [-0.1, -0.05) is 24.3 Å². The zero-order valence-corrected chi connectivity index (χ0v) is 13.0. The molecular weight excluding hydrogens is 296 g/mol. The second kappa shape index (κ2) is 8.86. The lowest BCUT2D eigenvalue weighted by molar-refractivity contribution is -0.120. The van der Waals surface area contributed by atoms with Crippen LogP contribution < -0.4 is 11.1 Å². The van der Waals surface area contributed by atoms with Gasteiger partial charge in [0.05, 0.1) is 19.6 Å². The van der Waals surface area contributed by atoms with E-state index in [0.717, 1.165) is 11.1 Å². The molecule has 0 bridgehead atoms. The van der Waals surface area contributed by atoms with Gasteiger partial charge in [0.1, 0.15) is 0 Å². The molecule has 1 heterocycles. The monoisotopic (exact) mass is 316 g/mol. The molecule has 0 aliphatic carbocycles. The predicted molar refractivity (Wildman–Crippen MR) is 84.4 cm³/mol. The molecule has 0 aliphatic rings. The third kappa shape index (κ3) is 5.68. The Morgan fingerprint density at radius 3 is 2.48 bits per heavy atom. The number of carbonyl (C=O) groups is 1. The molecule has 8 heteroatoms. The minimum absolute atomic E-state index is 0.0518. The van der Waals surface area contributed by atoms with Crippen molar-refractivity contribution in [3.63, 3.8) is 0 Å². The summed E-state index contributed by atoms with van der Waals surface area (Å²) < 4.78 is 5.19. The predicted octanol–water partition coefficient (Wildman–Crippen LogP) is -0.124. The number of nitrogens with one attached hydrogen (secondary N) is 1. The van der Waals surface area contributed by atoms with E-state index in [1.165, 1.54) is 0 Å². The van der Waals surface area contributed by atoms with E-state index in [2.05, 4.69) is 25.7 Å². The van der Waals surface area contributed by atoms with E-state index in [-0.39, 0.29) is 5.91 Å². The van der Waals surface area contributed by atoms with Crippen LogP contribution in [-0.4, -0.2) is 52.6 Å². The molecule has 0 spiro atoms. The highest BCUT2D eigenvalue weighted by Crippen LogP contribution is 2.14. The largest absolute Gasteiger partial charge is 0.378 e. The molecular formula is C15H20N6O2. The zero-order chi connectivity index (χ0) is 16.5. The number of nitrogens with zero attached hydrogens (tertiary/aromatic N) is 4. The Balaban J connectivity index is 1.82. The maximum absolute atomic E-state index is 11.8. The van der Waals surface area contributed by atoms with Crippen LogP contribution in [0.1, 0.15) is 11.4 Å². The van der Waals surface area contributed by atoms with Gasteiger partial charge in [-0.3, -0.25) is 4.79 Å². The Kier molecular flexibility index (Phi) is 6.52. The summed E-state index contributed by atoms with van der Waals surface area (Å²) in [5, 5.41) is 18.5. The van der Waals surface area contributed by atoms with Crippen molar-refractivity contribution in [1.82, 2.24) is 25.7 Å². The number of nitrogens with two attached hydrogens (primary N) is 1. The lowest BCUT2D eigenvalue weighted by Crippen LogP contribution is -2.29. The standard InChI is InChI=1S/C15H20N6O2/c1-11-18-20-15(21-19-11)13-4-2-12(3-5-13)10-14(22)17-7-9-23-8-6-16/h2-5H,6-10,16H2,1H3,(H,17,22). The molecule has 0 saturated carbocycles. The molecule has 3 N–H and O–H groups in total. The Labute approximate surface area is 134 Å². The van der Waals surface area contributed by atoms with Gasteiger partial charge in [-0.2, -0.15) is 0 Å². The zero-order valence-electron chi connectivity index (χ0n) is 13.0. The van der Waals surface area contributed by atoms with Gasteiger partial charge in [-0.25, -0.2) is 0 Å². The quantitative estimate of drug-likeness (QED) is 0.652. The Morgan fingerprint density at radius 2 is 1.83 bits per heavy atom. The Morgan fingerprint density at radius 1 is 1.13 bits per heavy atom. The number of amides is 1. The minimum Gasteiger partial charge on any atom is -0.378 e. The van der Waals surface area contributed by atoms with Crippen LogP contribution in [0.4, 0.5) is 0 Å². The second-order valence-corrected chi connectivity index (χ2v) is 4.90. The van der Waals surface area contributed by atoms with Gasteiger partial charge >= 0.3 is 0 Å². The summed E-state index contributed by atoms with van der Waals surface area (Å²) in [5.74, 6) is 0.935. The van der Waals surface area contributed by atoms with Crippen LogP contribution in [0.15, 0.2) is 24.3 Å². The fraction of sp³-hybridized carbons (Fsp3) is 0.400. The van der Waals surface area contributed by atoms with Gasteiger partial charge in [0, 0.05) is 18.7 Å². The number of ether oxygens (including phenoxy) is 1. The van der Waals surface area contributed by atoms with Crippen LogP contribution in [0.5, 0.6) is 0 Å².